The molecule has 76 valence electrons. The minimum Gasteiger partial charge on any atom is -0.396 e. The van der Waals surface area contributed by atoms with Gasteiger partial charge in [0, 0.05) is 24.3 Å². The fraction of sp³-hybridized carbons (Fsp3) is 0.889. The van der Waals surface area contributed by atoms with Gasteiger partial charge in [0.05, 0.1) is 0 Å². The Balaban J connectivity index is 2.08. The third-order valence-corrected chi connectivity index (χ3v) is 3.83. The zero-order valence-electron chi connectivity index (χ0n) is 8.01. The Hall–Kier alpha value is -0.220. The molecule has 1 rings (SSSR count). The lowest BCUT2D eigenvalue weighted by Crippen LogP contribution is -2.31. The van der Waals surface area contributed by atoms with Gasteiger partial charge in [-0.3, -0.25) is 4.79 Å². The summed E-state index contributed by atoms with van der Waals surface area (Å²) in [5, 5.41) is 11.4. The first-order valence-corrected chi connectivity index (χ1v) is 5.88. The van der Waals surface area contributed by atoms with Gasteiger partial charge in [0.15, 0.2) is 0 Å². The molecular weight excluding hydrogens is 186 g/mol. The second-order valence-corrected chi connectivity index (χ2v) is 4.77. The standard InChI is InChI=1S/C9H17NO2S/c1-13-9(4-5-9)7-10-8(12)3-2-6-11/h11H,2-7H2,1H3,(H,10,12). The minimum atomic E-state index is 0.0642. The number of rotatable bonds is 6. The Morgan fingerprint density at radius 1 is 1.62 bits per heavy atom. The highest BCUT2D eigenvalue weighted by Crippen LogP contribution is 2.46. The summed E-state index contributed by atoms with van der Waals surface area (Å²) in [6, 6.07) is 0. The molecule has 0 heterocycles. The maximum absolute atomic E-state index is 11.2. The van der Waals surface area contributed by atoms with E-state index in [1.165, 1.54) is 12.8 Å². The number of carbonyl (C=O) groups is 1. The zero-order chi connectivity index (χ0) is 9.73. The number of thioether (sulfide) groups is 1. The molecule has 0 unspecified atom stereocenters. The van der Waals surface area contributed by atoms with Crippen molar-refractivity contribution >= 4 is 17.7 Å². The van der Waals surface area contributed by atoms with E-state index in [0.29, 0.717) is 17.6 Å². The van der Waals surface area contributed by atoms with Crippen LogP contribution in [0.25, 0.3) is 0 Å². The van der Waals surface area contributed by atoms with Gasteiger partial charge in [-0.1, -0.05) is 0 Å². The van der Waals surface area contributed by atoms with Crippen LogP contribution in [0.15, 0.2) is 0 Å². The molecule has 4 heteroatoms. The van der Waals surface area contributed by atoms with Crippen LogP contribution in [0, 0.1) is 0 Å². The fourth-order valence-corrected chi connectivity index (χ4v) is 1.91. The largest absolute Gasteiger partial charge is 0.396 e. The summed E-state index contributed by atoms with van der Waals surface area (Å²) in [7, 11) is 0. The monoisotopic (exact) mass is 203 g/mol. The van der Waals surface area contributed by atoms with Crippen LogP contribution in [0.5, 0.6) is 0 Å². The van der Waals surface area contributed by atoms with E-state index in [9.17, 15) is 4.79 Å². The molecule has 0 aliphatic heterocycles. The Morgan fingerprint density at radius 2 is 2.31 bits per heavy atom. The number of nitrogens with one attached hydrogen (secondary N) is 1. The van der Waals surface area contributed by atoms with Crippen LogP contribution in [0.3, 0.4) is 0 Å². The highest BCUT2D eigenvalue weighted by atomic mass is 32.2. The van der Waals surface area contributed by atoms with E-state index in [1.54, 1.807) is 0 Å². The van der Waals surface area contributed by atoms with Crippen molar-refractivity contribution in [2.24, 2.45) is 0 Å². The number of amides is 1. The summed E-state index contributed by atoms with van der Waals surface area (Å²) in [4.78, 5) is 11.2. The van der Waals surface area contributed by atoms with Crippen molar-refractivity contribution in [1.82, 2.24) is 5.32 Å². The van der Waals surface area contributed by atoms with Crippen LogP contribution in [-0.2, 0) is 4.79 Å². The predicted octanol–water partition coefficient (Wildman–Crippen LogP) is 0.771. The quantitative estimate of drug-likeness (QED) is 0.670. The summed E-state index contributed by atoms with van der Waals surface area (Å²) in [5.74, 6) is 0.0642. The SMILES string of the molecule is CSC1(CNC(=O)CCCO)CC1. The van der Waals surface area contributed by atoms with Crippen molar-refractivity contribution in [3.8, 4) is 0 Å². The molecule has 1 aliphatic carbocycles. The number of aliphatic hydroxyl groups excluding tert-OH is 1. The first-order chi connectivity index (χ1) is 6.22. The van der Waals surface area contributed by atoms with Crippen molar-refractivity contribution in [3.05, 3.63) is 0 Å². The van der Waals surface area contributed by atoms with Gasteiger partial charge < -0.3 is 10.4 Å². The summed E-state index contributed by atoms with van der Waals surface area (Å²) in [5.41, 5.74) is 0. The van der Waals surface area contributed by atoms with Gasteiger partial charge in [-0.25, -0.2) is 0 Å². The van der Waals surface area contributed by atoms with Gasteiger partial charge >= 0.3 is 0 Å². The molecule has 0 aromatic rings. The molecule has 1 fully saturated rings. The van der Waals surface area contributed by atoms with Crippen molar-refractivity contribution in [2.45, 2.75) is 30.4 Å². The van der Waals surface area contributed by atoms with Gasteiger partial charge in [0.1, 0.15) is 0 Å². The smallest absolute Gasteiger partial charge is 0.220 e. The van der Waals surface area contributed by atoms with Crippen LogP contribution >= 0.6 is 11.8 Å². The van der Waals surface area contributed by atoms with Gasteiger partial charge in [-0.2, -0.15) is 11.8 Å². The second-order valence-electron chi connectivity index (χ2n) is 3.49. The van der Waals surface area contributed by atoms with Crippen molar-refractivity contribution in [1.29, 1.82) is 0 Å². The maximum Gasteiger partial charge on any atom is 0.220 e. The van der Waals surface area contributed by atoms with Crippen LogP contribution in [0.1, 0.15) is 25.7 Å². The Kier molecular flexibility index (Phi) is 4.06. The molecule has 0 bridgehead atoms. The molecule has 0 spiro atoms. The van der Waals surface area contributed by atoms with E-state index < -0.39 is 0 Å². The molecule has 13 heavy (non-hydrogen) atoms. The van der Waals surface area contributed by atoms with Crippen LogP contribution < -0.4 is 5.32 Å². The van der Waals surface area contributed by atoms with Crippen molar-refractivity contribution in [3.63, 3.8) is 0 Å². The molecule has 2 N–H and O–H groups in total. The molecule has 1 amide bonds. The molecule has 0 saturated heterocycles. The number of hydrogen-bond acceptors (Lipinski definition) is 3. The van der Waals surface area contributed by atoms with Crippen LogP contribution in [0.4, 0.5) is 0 Å². The normalized spacial score (nSPS) is 18.3. The van der Waals surface area contributed by atoms with Crippen LogP contribution in [-0.4, -0.2) is 35.2 Å². The fourth-order valence-electron chi connectivity index (χ4n) is 1.18. The lowest BCUT2D eigenvalue weighted by Gasteiger charge is -2.12. The topological polar surface area (TPSA) is 49.3 Å². The maximum atomic E-state index is 11.2. The average molecular weight is 203 g/mol. The molecule has 0 aromatic carbocycles. The van der Waals surface area contributed by atoms with E-state index >= 15 is 0 Å². The van der Waals surface area contributed by atoms with Crippen molar-refractivity contribution in [2.75, 3.05) is 19.4 Å². The summed E-state index contributed by atoms with van der Waals surface area (Å²) >= 11 is 1.84. The van der Waals surface area contributed by atoms with E-state index in [4.69, 9.17) is 5.11 Å². The molecular formula is C9H17NO2S. The zero-order valence-corrected chi connectivity index (χ0v) is 8.82. The molecule has 0 atom stereocenters. The average Bonchev–Trinajstić information content (AvgIpc) is 2.92. The Bertz CT molecular complexity index is 180. The summed E-state index contributed by atoms with van der Waals surface area (Å²) in [6.45, 7) is 0.888. The van der Waals surface area contributed by atoms with Gasteiger partial charge in [0.2, 0.25) is 5.91 Å². The lowest BCUT2D eigenvalue weighted by atomic mass is 10.3. The first kappa shape index (κ1) is 10.9. The predicted molar refractivity (Wildman–Crippen MR) is 54.8 cm³/mol. The number of aliphatic hydroxyl groups is 1. The van der Waals surface area contributed by atoms with E-state index in [1.807, 2.05) is 11.8 Å². The molecule has 0 radical (unpaired) electrons. The molecule has 1 saturated carbocycles. The van der Waals surface area contributed by atoms with Crippen LogP contribution in [0.2, 0.25) is 0 Å². The summed E-state index contributed by atoms with van der Waals surface area (Å²) in [6.07, 6.45) is 5.54. The third-order valence-electron chi connectivity index (χ3n) is 2.41. The van der Waals surface area contributed by atoms with E-state index in [2.05, 4.69) is 11.6 Å². The summed E-state index contributed by atoms with van der Waals surface area (Å²) < 4.78 is 0.342. The minimum absolute atomic E-state index is 0.0642. The Morgan fingerprint density at radius 3 is 2.77 bits per heavy atom. The van der Waals surface area contributed by atoms with E-state index in [0.717, 1.165) is 6.54 Å². The van der Waals surface area contributed by atoms with Crippen molar-refractivity contribution < 1.29 is 9.90 Å². The first-order valence-electron chi connectivity index (χ1n) is 4.65. The van der Waals surface area contributed by atoms with Gasteiger partial charge in [-0.15, -0.1) is 0 Å². The molecule has 1 aliphatic rings. The van der Waals surface area contributed by atoms with Gasteiger partial charge in [-0.05, 0) is 25.5 Å². The third kappa shape index (κ3) is 3.56. The number of hydrogen-bond donors (Lipinski definition) is 2. The lowest BCUT2D eigenvalue weighted by molar-refractivity contribution is -0.121. The molecule has 3 nitrogen and oxygen atoms in total. The number of carbonyl (C=O) groups excluding carboxylic acids is 1. The second kappa shape index (κ2) is 4.86. The van der Waals surface area contributed by atoms with Gasteiger partial charge in [0.25, 0.3) is 0 Å². The molecule has 0 aromatic heterocycles. The van der Waals surface area contributed by atoms with E-state index in [-0.39, 0.29) is 12.5 Å². The highest BCUT2D eigenvalue weighted by molar-refractivity contribution is 8.00. The Labute approximate surface area is 83.3 Å². The highest BCUT2D eigenvalue weighted by Gasteiger charge is 2.41.